The summed E-state index contributed by atoms with van der Waals surface area (Å²) < 4.78 is 10.9. The first kappa shape index (κ1) is 26.6. The summed E-state index contributed by atoms with van der Waals surface area (Å²) in [5.74, 6) is 7.15. The molecular weight excluding hydrogens is 466 g/mol. The maximum absolute atomic E-state index is 11.9. The molecule has 1 aromatic heterocycles. The van der Waals surface area contributed by atoms with Gasteiger partial charge >= 0.3 is 5.97 Å². The molecular formula is C31H37NO5. The molecule has 6 heteroatoms. The Balaban J connectivity index is 1.46. The Hall–Kier alpha value is -3.43. The number of aromatic amines is 1. The molecule has 2 aromatic carbocycles. The molecule has 4 rings (SSSR count). The number of rotatable bonds is 8. The van der Waals surface area contributed by atoms with Crippen molar-refractivity contribution >= 4 is 16.9 Å². The highest BCUT2D eigenvalue weighted by Gasteiger charge is 2.28. The SMILES string of the molecule is COc1cc(CC2CC#CC(CCCc3c[nH]c4ccccc34)CCC(O)CC2OC(C)=O)ccc1O. The largest absolute Gasteiger partial charge is 0.504 e. The normalized spacial score (nSPS) is 22.1. The van der Waals surface area contributed by atoms with Crippen LogP contribution in [-0.2, 0) is 22.4 Å². The summed E-state index contributed by atoms with van der Waals surface area (Å²) in [5, 5.41) is 22.1. The molecule has 0 radical (unpaired) electrons. The van der Waals surface area contributed by atoms with E-state index in [2.05, 4.69) is 41.2 Å². The van der Waals surface area contributed by atoms with Crippen molar-refractivity contribution in [1.29, 1.82) is 0 Å². The van der Waals surface area contributed by atoms with Crippen LogP contribution in [0, 0.1) is 23.7 Å². The molecule has 4 unspecified atom stereocenters. The Kier molecular flexibility index (Phi) is 9.14. The summed E-state index contributed by atoms with van der Waals surface area (Å²) in [6.07, 6.45) is 7.12. The predicted octanol–water partition coefficient (Wildman–Crippen LogP) is 5.55. The van der Waals surface area contributed by atoms with Crippen LogP contribution in [0.3, 0.4) is 0 Å². The molecule has 196 valence electrons. The lowest BCUT2D eigenvalue weighted by molar-refractivity contribution is -0.150. The number of carbonyl (C=O) groups is 1. The van der Waals surface area contributed by atoms with Gasteiger partial charge in [-0.25, -0.2) is 0 Å². The van der Waals surface area contributed by atoms with E-state index >= 15 is 0 Å². The number of ether oxygens (including phenoxy) is 2. The minimum Gasteiger partial charge on any atom is -0.504 e. The molecule has 3 N–H and O–H groups in total. The Bertz CT molecular complexity index is 1250. The van der Waals surface area contributed by atoms with Gasteiger partial charge in [-0.15, -0.1) is 5.92 Å². The zero-order chi connectivity index (χ0) is 26.2. The van der Waals surface area contributed by atoms with E-state index in [1.54, 1.807) is 12.1 Å². The Morgan fingerprint density at radius 3 is 2.84 bits per heavy atom. The lowest BCUT2D eigenvalue weighted by Gasteiger charge is -2.29. The first-order valence-corrected chi connectivity index (χ1v) is 13.2. The highest BCUT2D eigenvalue weighted by molar-refractivity contribution is 5.83. The standard InChI is InChI=1S/C31H37NO5/c1-21(33)37-30-19-26(34)15-13-22(8-6-10-25-20-32-28-12-4-3-11-27(25)28)7-5-9-24(30)17-23-14-16-29(35)31(18-23)36-2/h3-4,11-12,14,16,18,20,22,24,26,30,32,34-35H,6,8-10,13,15,17,19H2,1-2H3. The number of fused-ring (bicyclic) bond motifs is 1. The first-order valence-electron chi connectivity index (χ1n) is 13.2. The number of aryl methyl sites for hydroxylation is 1. The van der Waals surface area contributed by atoms with Gasteiger partial charge in [0.25, 0.3) is 0 Å². The van der Waals surface area contributed by atoms with Crippen LogP contribution in [0.2, 0.25) is 0 Å². The number of H-pyrrole nitrogens is 1. The van der Waals surface area contributed by atoms with Crippen molar-refractivity contribution in [3.05, 3.63) is 59.8 Å². The number of carbonyl (C=O) groups excluding carboxylic acids is 1. The van der Waals surface area contributed by atoms with E-state index in [0.29, 0.717) is 31.4 Å². The van der Waals surface area contributed by atoms with Crippen LogP contribution in [-0.4, -0.2) is 40.5 Å². The van der Waals surface area contributed by atoms with Gasteiger partial charge in [-0.1, -0.05) is 30.2 Å². The van der Waals surface area contributed by atoms with Gasteiger partial charge in [0.05, 0.1) is 13.2 Å². The average molecular weight is 504 g/mol. The molecule has 0 amide bonds. The number of aliphatic hydroxyl groups is 1. The number of aromatic nitrogens is 1. The lowest BCUT2D eigenvalue weighted by Crippen LogP contribution is -2.32. The van der Waals surface area contributed by atoms with Gasteiger partial charge in [0, 0.05) is 48.7 Å². The number of benzene rings is 2. The molecule has 0 fully saturated rings. The monoisotopic (exact) mass is 503 g/mol. The second-order valence-electron chi connectivity index (χ2n) is 10.1. The second kappa shape index (κ2) is 12.7. The molecule has 0 aliphatic heterocycles. The fraction of sp³-hybridized carbons (Fsp3) is 0.452. The maximum Gasteiger partial charge on any atom is 0.302 e. The molecule has 37 heavy (non-hydrogen) atoms. The van der Waals surface area contributed by atoms with Gasteiger partial charge in [-0.05, 0) is 67.9 Å². The van der Waals surface area contributed by atoms with Crippen molar-refractivity contribution in [2.75, 3.05) is 7.11 Å². The first-order chi connectivity index (χ1) is 17.9. The van der Waals surface area contributed by atoms with Crippen LogP contribution in [0.15, 0.2) is 48.7 Å². The van der Waals surface area contributed by atoms with Crippen LogP contribution in [0.5, 0.6) is 11.5 Å². The number of phenols is 1. The van der Waals surface area contributed by atoms with E-state index in [0.717, 1.165) is 31.2 Å². The highest BCUT2D eigenvalue weighted by atomic mass is 16.5. The molecule has 3 aromatic rings. The number of para-hydroxylation sites is 1. The van der Waals surface area contributed by atoms with Gasteiger partial charge in [0.15, 0.2) is 11.5 Å². The fourth-order valence-electron chi connectivity index (χ4n) is 5.32. The van der Waals surface area contributed by atoms with Crippen LogP contribution < -0.4 is 4.74 Å². The Labute approximate surface area is 219 Å². The van der Waals surface area contributed by atoms with Gasteiger partial charge in [0.1, 0.15) is 6.10 Å². The molecule has 0 bridgehead atoms. The number of methoxy groups -OCH3 is 1. The summed E-state index contributed by atoms with van der Waals surface area (Å²) in [7, 11) is 1.52. The van der Waals surface area contributed by atoms with Crippen molar-refractivity contribution in [3.8, 4) is 23.3 Å². The van der Waals surface area contributed by atoms with Gasteiger partial charge in [-0.3, -0.25) is 4.79 Å². The van der Waals surface area contributed by atoms with Crippen LogP contribution >= 0.6 is 0 Å². The topological polar surface area (TPSA) is 91.8 Å². The van der Waals surface area contributed by atoms with E-state index in [1.807, 2.05) is 12.1 Å². The number of esters is 1. The Morgan fingerprint density at radius 2 is 2.03 bits per heavy atom. The van der Waals surface area contributed by atoms with E-state index < -0.39 is 12.2 Å². The number of hydrogen-bond donors (Lipinski definition) is 3. The van der Waals surface area contributed by atoms with Gasteiger partial charge in [-0.2, -0.15) is 0 Å². The molecule has 0 saturated carbocycles. The summed E-state index contributed by atoms with van der Waals surface area (Å²) in [5.41, 5.74) is 3.45. The van der Waals surface area contributed by atoms with Crippen LogP contribution in [0.25, 0.3) is 10.9 Å². The van der Waals surface area contributed by atoms with Gasteiger partial charge in [0.2, 0.25) is 0 Å². The highest BCUT2D eigenvalue weighted by Crippen LogP contribution is 2.31. The van der Waals surface area contributed by atoms with Crippen LogP contribution in [0.1, 0.15) is 56.6 Å². The molecule has 1 aliphatic rings. The van der Waals surface area contributed by atoms with Gasteiger partial charge < -0.3 is 24.7 Å². The lowest BCUT2D eigenvalue weighted by atomic mass is 9.85. The zero-order valence-electron chi connectivity index (χ0n) is 21.7. The van der Waals surface area contributed by atoms with Crippen molar-refractivity contribution in [2.45, 2.75) is 70.5 Å². The van der Waals surface area contributed by atoms with Crippen molar-refractivity contribution < 1.29 is 24.5 Å². The number of phenolic OH excluding ortho intramolecular Hbond substituents is 1. The van der Waals surface area contributed by atoms with Crippen LogP contribution in [0.4, 0.5) is 0 Å². The zero-order valence-corrected chi connectivity index (χ0v) is 21.7. The van der Waals surface area contributed by atoms with Crippen molar-refractivity contribution in [1.82, 2.24) is 4.98 Å². The summed E-state index contributed by atoms with van der Waals surface area (Å²) in [4.78, 5) is 15.2. The summed E-state index contributed by atoms with van der Waals surface area (Å²) in [6, 6.07) is 13.6. The molecule has 4 atom stereocenters. The maximum atomic E-state index is 11.9. The number of hydrogen-bond acceptors (Lipinski definition) is 5. The summed E-state index contributed by atoms with van der Waals surface area (Å²) in [6.45, 7) is 1.40. The van der Waals surface area contributed by atoms with Crippen molar-refractivity contribution in [2.24, 2.45) is 11.8 Å². The molecule has 0 saturated heterocycles. The van der Waals surface area contributed by atoms with E-state index in [-0.39, 0.29) is 23.6 Å². The average Bonchev–Trinajstić information content (AvgIpc) is 3.29. The quantitative estimate of drug-likeness (QED) is 0.277. The van der Waals surface area contributed by atoms with Crippen molar-refractivity contribution in [3.63, 3.8) is 0 Å². The van der Waals surface area contributed by atoms with E-state index in [4.69, 9.17) is 9.47 Å². The fourth-order valence-corrected chi connectivity index (χ4v) is 5.32. The predicted molar refractivity (Wildman–Crippen MR) is 144 cm³/mol. The molecule has 0 spiro atoms. The third-order valence-electron chi connectivity index (χ3n) is 7.28. The summed E-state index contributed by atoms with van der Waals surface area (Å²) >= 11 is 0. The van der Waals surface area contributed by atoms with E-state index in [1.165, 1.54) is 30.5 Å². The molecule has 6 nitrogen and oxygen atoms in total. The van der Waals surface area contributed by atoms with E-state index in [9.17, 15) is 15.0 Å². The number of aliphatic hydroxyl groups excluding tert-OH is 1. The molecule has 1 heterocycles. The smallest absolute Gasteiger partial charge is 0.302 e. The Morgan fingerprint density at radius 1 is 1.19 bits per heavy atom. The minimum absolute atomic E-state index is 0.0785. The minimum atomic E-state index is -0.558. The number of nitrogens with one attached hydrogen (secondary N) is 1. The molecule has 1 aliphatic carbocycles. The second-order valence-corrected chi connectivity index (χ2v) is 10.1. The third-order valence-corrected chi connectivity index (χ3v) is 7.28. The third kappa shape index (κ3) is 7.30. The number of aromatic hydroxyl groups is 1.